The summed E-state index contributed by atoms with van der Waals surface area (Å²) in [4.78, 5) is 48.0. The predicted octanol–water partition coefficient (Wildman–Crippen LogP) is -1.09. The number of phosphoric ester groups is 1. The van der Waals surface area contributed by atoms with E-state index in [2.05, 4.69) is 28.1 Å². The maximum atomic E-state index is 11.9. The smallest absolute Gasteiger partial charge is 0.387 e. The van der Waals surface area contributed by atoms with Crippen LogP contribution in [0.25, 0.3) is 11.2 Å². The molecule has 0 saturated carbocycles. The molecule has 0 spiro atoms. The highest BCUT2D eigenvalue weighted by Crippen LogP contribution is 2.66. The normalized spacial score (nSPS) is 26.9. The van der Waals surface area contributed by atoms with Crippen molar-refractivity contribution in [3.05, 3.63) is 12.2 Å². The summed E-state index contributed by atoms with van der Waals surface area (Å²) in [6, 6.07) is 0. The molecule has 0 radical (unpaired) electrons. The number of aromatic nitrogens is 4. The summed E-state index contributed by atoms with van der Waals surface area (Å²) in [6.45, 7) is -0.981. The van der Waals surface area contributed by atoms with E-state index in [1.165, 1.54) is 9.93 Å². The fourth-order valence-corrected chi connectivity index (χ4v) is 6.19. The van der Waals surface area contributed by atoms with Crippen LogP contribution in [0.5, 0.6) is 0 Å². The van der Waals surface area contributed by atoms with Crippen molar-refractivity contribution in [2.24, 2.45) is 0 Å². The van der Waals surface area contributed by atoms with E-state index >= 15 is 0 Å². The number of hydrogen-bond donors (Lipinski definition) is 7. The van der Waals surface area contributed by atoms with Crippen molar-refractivity contribution in [2.45, 2.75) is 31.0 Å². The molecule has 3 heterocycles. The molecule has 2 aromatic rings. The van der Waals surface area contributed by atoms with E-state index in [4.69, 9.17) is 32.5 Å². The van der Waals surface area contributed by atoms with Gasteiger partial charge in [-0.3, -0.25) is 9.09 Å². The Labute approximate surface area is 194 Å². The third kappa shape index (κ3) is 6.29. The van der Waals surface area contributed by atoms with E-state index < -0.39 is 54.6 Å². The van der Waals surface area contributed by atoms with Gasteiger partial charge in [0.15, 0.2) is 23.2 Å². The van der Waals surface area contributed by atoms with Crippen LogP contribution in [0, 0.1) is 0 Å². The van der Waals surface area contributed by atoms with Gasteiger partial charge in [0, 0.05) is 6.42 Å². The molecule has 190 valence electrons. The van der Waals surface area contributed by atoms with E-state index in [0.29, 0.717) is 0 Å². The lowest BCUT2D eigenvalue weighted by atomic mass is 10.1. The summed E-state index contributed by atoms with van der Waals surface area (Å²) >= 11 is 4.85. The molecule has 1 saturated heterocycles. The molecule has 2 unspecified atom stereocenters. The second-order valence-electron chi connectivity index (χ2n) is 6.63. The number of ether oxygens (including phenoxy) is 1. The highest BCUT2D eigenvalue weighted by molar-refractivity contribution is 7.79. The number of aliphatic hydroxyl groups excluding tert-OH is 2. The molecular weight excluding hydrogens is 547 g/mol. The van der Waals surface area contributed by atoms with E-state index in [1.807, 2.05) is 0 Å². The first-order valence-electron chi connectivity index (χ1n) is 8.85. The largest absolute Gasteiger partial charge is 0.490 e. The van der Waals surface area contributed by atoms with Crippen molar-refractivity contribution in [2.75, 3.05) is 12.3 Å². The molecule has 1 fully saturated rings. The number of aliphatic hydroxyl groups is 2. The lowest BCUT2D eigenvalue weighted by molar-refractivity contribution is -0.0512. The molecule has 18 nitrogen and oxygen atoms in total. The fourth-order valence-electron chi connectivity index (χ4n) is 3.01. The van der Waals surface area contributed by atoms with Gasteiger partial charge in [-0.2, -0.15) is 8.62 Å². The van der Waals surface area contributed by atoms with Crippen LogP contribution in [-0.2, 0) is 38.0 Å². The number of phosphoric acid groups is 3. The van der Waals surface area contributed by atoms with Gasteiger partial charge in [0.1, 0.15) is 30.5 Å². The second kappa shape index (κ2) is 10.0. The number of imidazole rings is 1. The molecule has 0 amide bonds. The van der Waals surface area contributed by atoms with Crippen molar-refractivity contribution < 1.29 is 61.4 Å². The summed E-state index contributed by atoms with van der Waals surface area (Å²) in [7, 11) is -16.8. The first-order valence-corrected chi connectivity index (χ1v) is 13.8. The molecule has 3 rings (SSSR count). The van der Waals surface area contributed by atoms with Crippen LogP contribution >= 0.6 is 35.7 Å². The lowest BCUT2D eigenvalue weighted by Gasteiger charge is -2.19. The Bertz CT molecular complexity index is 1220. The number of nitrogens with zero attached hydrogens (tertiary/aromatic N) is 4. The first-order chi connectivity index (χ1) is 15.6. The first kappa shape index (κ1) is 27.3. The summed E-state index contributed by atoms with van der Waals surface area (Å²) < 4.78 is 52.5. The standard InChI is InChI=1S/C12H18N5O13P3S/c13-10-7-11(15-4-14-10)17(6(16-7)1-2-34)12-9(19)8(18)5(28-12)3-27-32(23,24)30-33(25,26)29-31(20,21)22/h2,4-5,8-9,12,18-19H,1,3H2,(H,23,24)(H,25,26)(H2,13,14,15)(H2,20,21,22)/t5-,8-,9-,12-/m1/s1. The van der Waals surface area contributed by atoms with Crippen LogP contribution in [0.4, 0.5) is 5.82 Å². The SMILES string of the molecule is Nc1ncnc2c1nc(CC=S)n2[C@@H]1O[C@H](COP(=O)(O)OP(=O)(O)OP(=O)(O)O)[C@@H](O)[C@H]1O. The minimum Gasteiger partial charge on any atom is -0.387 e. The zero-order valence-electron chi connectivity index (χ0n) is 16.5. The summed E-state index contributed by atoms with van der Waals surface area (Å²) in [5, 5.41) is 22.2. The van der Waals surface area contributed by atoms with Gasteiger partial charge in [0.2, 0.25) is 0 Å². The summed E-state index contributed by atoms with van der Waals surface area (Å²) in [5.74, 6) is 0.258. The quantitative estimate of drug-likeness (QED) is 0.133. The van der Waals surface area contributed by atoms with Gasteiger partial charge in [-0.15, -0.1) is 0 Å². The number of fused-ring (bicyclic) bond motifs is 1. The van der Waals surface area contributed by atoms with Gasteiger partial charge in [0.05, 0.1) is 6.61 Å². The van der Waals surface area contributed by atoms with E-state index in [0.717, 1.165) is 6.33 Å². The van der Waals surface area contributed by atoms with Gasteiger partial charge < -0.3 is 40.3 Å². The zero-order valence-corrected chi connectivity index (χ0v) is 20.0. The van der Waals surface area contributed by atoms with Gasteiger partial charge in [-0.1, -0.05) is 12.2 Å². The number of rotatable bonds is 10. The van der Waals surface area contributed by atoms with E-state index in [-0.39, 0.29) is 29.2 Å². The second-order valence-corrected chi connectivity index (χ2v) is 11.4. The minimum atomic E-state index is -5.73. The van der Waals surface area contributed by atoms with Crippen molar-refractivity contribution in [1.29, 1.82) is 0 Å². The van der Waals surface area contributed by atoms with Crippen LogP contribution in [0.2, 0.25) is 0 Å². The Morgan fingerprint density at radius 2 is 1.79 bits per heavy atom. The van der Waals surface area contributed by atoms with Crippen LogP contribution in [0.1, 0.15) is 12.1 Å². The minimum absolute atomic E-state index is 0.0200. The predicted molar refractivity (Wildman–Crippen MR) is 113 cm³/mol. The average molecular weight is 565 g/mol. The topological polar surface area (TPSA) is 279 Å². The molecule has 22 heteroatoms. The van der Waals surface area contributed by atoms with Gasteiger partial charge >= 0.3 is 23.5 Å². The molecule has 1 aliphatic rings. The fraction of sp³-hybridized carbons (Fsp3) is 0.500. The molecule has 1 aliphatic heterocycles. The molecule has 2 aromatic heterocycles. The van der Waals surface area contributed by atoms with Crippen molar-refractivity contribution >= 4 is 58.0 Å². The molecule has 0 aliphatic carbocycles. The van der Waals surface area contributed by atoms with Crippen LogP contribution in [0.3, 0.4) is 0 Å². The molecule has 0 bridgehead atoms. The number of hydrogen-bond acceptors (Lipinski definition) is 14. The Morgan fingerprint density at radius 1 is 1.12 bits per heavy atom. The van der Waals surface area contributed by atoms with Gasteiger partial charge in [-0.25, -0.2) is 28.6 Å². The van der Waals surface area contributed by atoms with E-state index in [9.17, 15) is 33.7 Å². The van der Waals surface area contributed by atoms with Gasteiger partial charge in [-0.05, 0) is 5.37 Å². The zero-order chi connectivity index (χ0) is 25.5. The van der Waals surface area contributed by atoms with Crippen molar-refractivity contribution in [3.8, 4) is 0 Å². The van der Waals surface area contributed by atoms with Gasteiger partial charge in [0.25, 0.3) is 0 Å². The number of thiocarbonyl (C=S) groups is 1. The van der Waals surface area contributed by atoms with Crippen molar-refractivity contribution in [3.63, 3.8) is 0 Å². The number of nitrogen functional groups attached to an aromatic ring is 1. The Morgan fingerprint density at radius 3 is 2.41 bits per heavy atom. The molecule has 6 atom stereocenters. The Kier molecular flexibility index (Phi) is 8.04. The van der Waals surface area contributed by atoms with Crippen LogP contribution in [0.15, 0.2) is 6.33 Å². The monoisotopic (exact) mass is 565 g/mol. The Balaban J connectivity index is 1.79. The third-order valence-corrected chi connectivity index (χ3v) is 8.22. The Hall–Kier alpha value is -1.27. The third-order valence-electron chi connectivity index (χ3n) is 4.25. The van der Waals surface area contributed by atoms with E-state index in [1.54, 1.807) is 0 Å². The summed E-state index contributed by atoms with van der Waals surface area (Å²) in [5.41, 5.74) is 6.09. The highest BCUT2D eigenvalue weighted by Gasteiger charge is 2.47. The highest BCUT2D eigenvalue weighted by atomic mass is 32.1. The molecule has 8 N–H and O–H groups in total. The average Bonchev–Trinajstić information content (AvgIpc) is 3.16. The van der Waals surface area contributed by atoms with Crippen LogP contribution < -0.4 is 5.73 Å². The lowest BCUT2D eigenvalue weighted by Crippen LogP contribution is -2.34. The van der Waals surface area contributed by atoms with Crippen molar-refractivity contribution in [1.82, 2.24) is 19.5 Å². The van der Waals surface area contributed by atoms with Crippen LogP contribution in [-0.4, -0.2) is 79.6 Å². The molecular formula is C12H18N5O13P3S. The maximum Gasteiger partial charge on any atom is 0.490 e. The maximum absolute atomic E-state index is 11.9. The molecule has 0 aromatic carbocycles. The molecule has 34 heavy (non-hydrogen) atoms. The number of nitrogens with two attached hydrogens (primary N) is 1. The summed E-state index contributed by atoms with van der Waals surface area (Å²) in [6.07, 6.45) is -4.99. The number of anilines is 1.